The first kappa shape index (κ1) is 18.8. The van der Waals surface area contributed by atoms with Crippen molar-refractivity contribution in [1.82, 2.24) is 4.57 Å². The maximum absolute atomic E-state index is 12.4. The first-order valence-electron chi connectivity index (χ1n) is 8.47. The van der Waals surface area contributed by atoms with E-state index >= 15 is 0 Å². The van der Waals surface area contributed by atoms with Crippen molar-refractivity contribution in [3.8, 4) is 5.75 Å². The summed E-state index contributed by atoms with van der Waals surface area (Å²) in [7, 11) is 0. The molecule has 134 valence electrons. The van der Waals surface area contributed by atoms with Gasteiger partial charge < -0.3 is 14.0 Å². The van der Waals surface area contributed by atoms with Crippen LogP contribution in [0.25, 0.3) is 0 Å². The summed E-state index contributed by atoms with van der Waals surface area (Å²) in [6.07, 6.45) is -0.164. The third-order valence-electron chi connectivity index (χ3n) is 3.99. The summed E-state index contributed by atoms with van der Waals surface area (Å²) in [5.74, 6) is 0.111. The van der Waals surface area contributed by atoms with Gasteiger partial charge in [0.2, 0.25) is 5.78 Å². The van der Waals surface area contributed by atoms with Crippen LogP contribution in [-0.2, 0) is 11.3 Å². The molecule has 0 radical (unpaired) electrons. The van der Waals surface area contributed by atoms with Gasteiger partial charge in [-0.2, -0.15) is 0 Å². The van der Waals surface area contributed by atoms with E-state index in [0.717, 1.165) is 17.9 Å². The number of ether oxygens (including phenoxy) is 2. The highest BCUT2D eigenvalue weighted by Gasteiger charge is 2.16. The lowest BCUT2D eigenvalue weighted by Gasteiger charge is -2.09. The fraction of sp³-hybridized carbons (Fsp3) is 0.400. The molecule has 0 N–H and O–H groups in total. The summed E-state index contributed by atoms with van der Waals surface area (Å²) < 4.78 is 12.8. The molecule has 0 spiro atoms. The average molecular weight is 343 g/mol. The predicted octanol–water partition coefficient (Wildman–Crippen LogP) is 3.95. The smallest absolute Gasteiger partial charge is 0.338 e. The second-order valence-electron chi connectivity index (χ2n) is 6.22. The summed E-state index contributed by atoms with van der Waals surface area (Å²) in [4.78, 5) is 24.2. The van der Waals surface area contributed by atoms with Crippen LogP contribution in [0.2, 0.25) is 0 Å². The van der Waals surface area contributed by atoms with E-state index in [1.54, 1.807) is 38.1 Å². The molecule has 0 aliphatic carbocycles. The van der Waals surface area contributed by atoms with Gasteiger partial charge >= 0.3 is 5.97 Å². The van der Waals surface area contributed by atoms with E-state index in [-0.39, 0.29) is 24.5 Å². The molecule has 25 heavy (non-hydrogen) atoms. The van der Waals surface area contributed by atoms with E-state index in [9.17, 15) is 9.59 Å². The number of rotatable bonds is 7. The third kappa shape index (κ3) is 4.50. The highest BCUT2D eigenvalue weighted by Crippen LogP contribution is 2.17. The van der Waals surface area contributed by atoms with Gasteiger partial charge in [0.05, 0.1) is 11.7 Å². The molecule has 0 atom stereocenters. The Balaban J connectivity index is 1.99. The molecule has 1 aromatic heterocycles. The maximum atomic E-state index is 12.4. The molecular weight excluding hydrogens is 318 g/mol. The molecule has 0 bridgehead atoms. The molecule has 0 saturated heterocycles. The molecule has 1 aromatic carbocycles. The number of ketones is 1. The number of Topliss-reactive ketones (excluding diaryl/α,β-unsaturated/α-hetero) is 1. The number of carbonyl (C=O) groups excluding carboxylic acids is 2. The minimum absolute atomic E-state index is 0.0379. The highest BCUT2D eigenvalue weighted by atomic mass is 16.5. The number of hydrogen-bond acceptors (Lipinski definition) is 4. The monoisotopic (exact) mass is 343 g/mol. The summed E-state index contributed by atoms with van der Waals surface area (Å²) in [5.41, 5.74) is 3.17. The molecule has 0 saturated carbocycles. The van der Waals surface area contributed by atoms with Crippen molar-refractivity contribution in [2.75, 3.05) is 6.61 Å². The van der Waals surface area contributed by atoms with E-state index < -0.39 is 0 Å². The topological polar surface area (TPSA) is 57.5 Å². The highest BCUT2D eigenvalue weighted by molar-refractivity contribution is 5.98. The molecule has 5 heteroatoms. The van der Waals surface area contributed by atoms with Gasteiger partial charge in [0, 0.05) is 23.5 Å². The van der Waals surface area contributed by atoms with Crippen molar-refractivity contribution >= 4 is 11.8 Å². The molecule has 1 heterocycles. The zero-order chi connectivity index (χ0) is 18.6. The number of aryl methyl sites for hydroxylation is 1. The van der Waals surface area contributed by atoms with Crippen molar-refractivity contribution in [1.29, 1.82) is 0 Å². The molecule has 0 amide bonds. The second kappa shape index (κ2) is 8.01. The van der Waals surface area contributed by atoms with Gasteiger partial charge in [-0.3, -0.25) is 4.79 Å². The Kier molecular flexibility index (Phi) is 6.02. The van der Waals surface area contributed by atoms with Gasteiger partial charge in [-0.15, -0.1) is 0 Å². The molecule has 0 unspecified atom stereocenters. The number of benzene rings is 1. The van der Waals surface area contributed by atoms with E-state index in [1.165, 1.54) is 0 Å². The Morgan fingerprint density at radius 3 is 2.28 bits per heavy atom. The summed E-state index contributed by atoms with van der Waals surface area (Å²) in [5, 5.41) is 0. The first-order valence-corrected chi connectivity index (χ1v) is 8.47. The quantitative estimate of drug-likeness (QED) is 0.564. The minimum Gasteiger partial charge on any atom is -0.485 e. The normalized spacial score (nSPS) is 10.8. The van der Waals surface area contributed by atoms with Gasteiger partial charge in [0.15, 0.2) is 6.61 Å². The van der Waals surface area contributed by atoms with E-state index in [0.29, 0.717) is 16.9 Å². The van der Waals surface area contributed by atoms with Crippen LogP contribution >= 0.6 is 0 Å². The van der Waals surface area contributed by atoms with Crippen LogP contribution in [0, 0.1) is 13.8 Å². The van der Waals surface area contributed by atoms with Gasteiger partial charge in [0.25, 0.3) is 0 Å². The van der Waals surface area contributed by atoms with Crippen molar-refractivity contribution in [2.45, 2.75) is 47.3 Å². The Morgan fingerprint density at radius 2 is 1.76 bits per heavy atom. The van der Waals surface area contributed by atoms with Crippen molar-refractivity contribution in [2.24, 2.45) is 0 Å². The standard InChI is InChI=1S/C20H25NO4/c1-6-21-14(4)11-18(15(21)5)19(22)12-24-17-9-7-16(8-10-17)20(23)25-13(2)3/h7-11,13H,6,12H2,1-5H3. The van der Waals surface area contributed by atoms with E-state index in [2.05, 4.69) is 11.5 Å². The summed E-state index contributed by atoms with van der Waals surface area (Å²) >= 11 is 0. The van der Waals surface area contributed by atoms with Crippen molar-refractivity contribution in [3.05, 3.63) is 52.8 Å². The first-order chi connectivity index (χ1) is 11.8. The van der Waals surface area contributed by atoms with E-state index in [1.807, 2.05) is 19.9 Å². The zero-order valence-corrected chi connectivity index (χ0v) is 15.5. The van der Waals surface area contributed by atoms with Gasteiger partial charge in [0.1, 0.15) is 5.75 Å². The average Bonchev–Trinajstić information content (AvgIpc) is 2.86. The lowest BCUT2D eigenvalue weighted by Crippen LogP contribution is -2.13. The Labute approximate surface area is 148 Å². The van der Waals surface area contributed by atoms with Crippen LogP contribution in [0.4, 0.5) is 0 Å². The molecule has 2 aromatic rings. The van der Waals surface area contributed by atoms with Crippen LogP contribution in [-0.4, -0.2) is 29.0 Å². The van der Waals surface area contributed by atoms with Gasteiger partial charge in [-0.1, -0.05) is 0 Å². The molecular formula is C20H25NO4. The summed E-state index contributed by atoms with van der Waals surface area (Å²) in [6.45, 7) is 10.4. The number of aromatic nitrogens is 1. The molecule has 0 fully saturated rings. The Bertz CT molecular complexity index is 757. The fourth-order valence-electron chi connectivity index (χ4n) is 2.77. The number of carbonyl (C=O) groups is 2. The Morgan fingerprint density at radius 1 is 1.12 bits per heavy atom. The maximum Gasteiger partial charge on any atom is 0.338 e. The van der Waals surface area contributed by atoms with Crippen LogP contribution < -0.4 is 4.74 Å². The minimum atomic E-state index is -0.371. The molecule has 0 aliphatic heterocycles. The van der Waals surface area contributed by atoms with Gasteiger partial charge in [-0.05, 0) is 65.0 Å². The van der Waals surface area contributed by atoms with Crippen LogP contribution in [0.1, 0.15) is 52.9 Å². The van der Waals surface area contributed by atoms with Crippen LogP contribution in [0.15, 0.2) is 30.3 Å². The van der Waals surface area contributed by atoms with Gasteiger partial charge in [-0.25, -0.2) is 4.79 Å². The number of hydrogen-bond donors (Lipinski definition) is 0. The number of esters is 1. The number of nitrogens with zero attached hydrogens (tertiary/aromatic N) is 1. The zero-order valence-electron chi connectivity index (χ0n) is 15.5. The van der Waals surface area contributed by atoms with Crippen molar-refractivity contribution in [3.63, 3.8) is 0 Å². The largest absolute Gasteiger partial charge is 0.485 e. The lowest BCUT2D eigenvalue weighted by atomic mass is 10.1. The van der Waals surface area contributed by atoms with Crippen LogP contribution in [0.3, 0.4) is 0 Å². The second-order valence-corrected chi connectivity index (χ2v) is 6.22. The van der Waals surface area contributed by atoms with Crippen LogP contribution in [0.5, 0.6) is 5.75 Å². The summed E-state index contributed by atoms with van der Waals surface area (Å²) in [6, 6.07) is 8.50. The third-order valence-corrected chi connectivity index (χ3v) is 3.99. The Hall–Kier alpha value is -2.56. The SMILES string of the molecule is CCn1c(C)cc(C(=O)COc2ccc(C(=O)OC(C)C)cc2)c1C. The molecule has 5 nitrogen and oxygen atoms in total. The predicted molar refractivity (Wildman–Crippen MR) is 96.4 cm³/mol. The van der Waals surface area contributed by atoms with E-state index in [4.69, 9.17) is 9.47 Å². The van der Waals surface area contributed by atoms with Crippen molar-refractivity contribution < 1.29 is 19.1 Å². The molecule has 2 rings (SSSR count). The molecule has 0 aliphatic rings. The fourth-order valence-corrected chi connectivity index (χ4v) is 2.77. The lowest BCUT2D eigenvalue weighted by molar-refractivity contribution is 0.0377.